The number of benzene rings is 1. The Kier molecular flexibility index (Phi) is 4.95. The van der Waals surface area contributed by atoms with E-state index in [9.17, 15) is 22.8 Å². The number of carbonyl (C=O) groups is 2. The number of halogens is 3. The van der Waals surface area contributed by atoms with E-state index < -0.39 is 29.6 Å². The van der Waals surface area contributed by atoms with Crippen molar-refractivity contribution in [2.24, 2.45) is 0 Å². The highest BCUT2D eigenvalue weighted by atomic mass is 19.4. The molecule has 2 heterocycles. The lowest BCUT2D eigenvalue weighted by atomic mass is 9.95. The van der Waals surface area contributed by atoms with Crippen molar-refractivity contribution in [3.63, 3.8) is 0 Å². The van der Waals surface area contributed by atoms with Gasteiger partial charge >= 0.3 is 6.18 Å². The third-order valence-corrected chi connectivity index (χ3v) is 4.70. The van der Waals surface area contributed by atoms with Crippen molar-refractivity contribution in [1.29, 1.82) is 0 Å². The Hall–Kier alpha value is -2.84. The average Bonchev–Trinajstić information content (AvgIpc) is 2.92. The predicted octanol–water partition coefficient (Wildman–Crippen LogP) is 2.29. The standard InChI is InChI=1S/C18H19F3N4O2/c1-10-13(11(2)24-23-10)9-15(26)25-8-7-22-17(27)16(25)12-5-3-4-6-14(12)18(19,20)21/h3-6,16H,7-9H2,1-2H3,(H,22,27)(H,23,24). The molecule has 1 unspecified atom stereocenters. The van der Waals surface area contributed by atoms with Gasteiger partial charge in [-0.3, -0.25) is 14.7 Å². The summed E-state index contributed by atoms with van der Waals surface area (Å²) in [6, 6.07) is 3.53. The maximum atomic E-state index is 13.4. The van der Waals surface area contributed by atoms with Crippen molar-refractivity contribution in [3.8, 4) is 0 Å². The Balaban J connectivity index is 1.98. The van der Waals surface area contributed by atoms with Crippen LogP contribution in [0.15, 0.2) is 24.3 Å². The number of nitrogens with one attached hydrogen (secondary N) is 2. The van der Waals surface area contributed by atoms with Crippen LogP contribution in [0.3, 0.4) is 0 Å². The number of piperazine rings is 1. The molecule has 2 aromatic rings. The van der Waals surface area contributed by atoms with Gasteiger partial charge in [-0.25, -0.2) is 0 Å². The Morgan fingerprint density at radius 3 is 2.63 bits per heavy atom. The van der Waals surface area contributed by atoms with Crippen molar-refractivity contribution < 1.29 is 22.8 Å². The lowest BCUT2D eigenvalue weighted by molar-refractivity contribution is -0.146. The highest BCUT2D eigenvalue weighted by molar-refractivity contribution is 5.91. The molecule has 1 aliphatic rings. The van der Waals surface area contributed by atoms with E-state index in [-0.39, 0.29) is 25.1 Å². The van der Waals surface area contributed by atoms with Gasteiger partial charge in [0.2, 0.25) is 11.8 Å². The van der Waals surface area contributed by atoms with Crippen LogP contribution in [0.25, 0.3) is 0 Å². The van der Waals surface area contributed by atoms with E-state index in [1.165, 1.54) is 23.1 Å². The number of carbonyl (C=O) groups excluding carboxylic acids is 2. The van der Waals surface area contributed by atoms with E-state index in [0.29, 0.717) is 11.3 Å². The number of hydrogen-bond donors (Lipinski definition) is 2. The first-order chi connectivity index (χ1) is 12.7. The van der Waals surface area contributed by atoms with Crippen LogP contribution in [-0.4, -0.2) is 40.0 Å². The molecule has 3 rings (SSSR count). The summed E-state index contributed by atoms with van der Waals surface area (Å²) in [5.74, 6) is -1.04. The zero-order valence-corrected chi connectivity index (χ0v) is 14.9. The molecule has 1 fully saturated rings. The number of alkyl halides is 3. The number of aromatic nitrogens is 2. The maximum absolute atomic E-state index is 13.4. The van der Waals surface area contributed by atoms with Crippen LogP contribution in [0, 0.1) is 13.8 Å². The van der Waals surface area contributed by atoms with Crippen LogP contribution in [-0.2, 0) is 22.2 Å². The van der Waals surface area contributed by atoms with Crippen molar-refractivity contribution in [2.75, 3.05) is 13.1 Å². The first-order valence-corrected chi connectivity index (χ1v) is 8.44. The Labute approximate surface area is 153 Å². The van der Waals surface area contributed by atoms with Gasteiger partial charge in [-0.15, -0.1) is 0 Å². The summed E-state index contributed by atoms with van der Waals surface area (Å²) in [5, 5.41) is 9.36. The van der Waals surface area contributed by atoms with Gasteiger partial charge < -0.3 is 10.2 Å². The fraction of sp³-hybridized carbons (Fsp3) is 0.389. The molecule has 27 heavy (non-hydrogen) atoms. The lowest BCUT2D eigenvalue weighted by Gasteiger charge is -2.36. The topological polar surface area (TPSA) is 78.1 Å². The van der Waals surface area contributed by atoms with Gasteiger partial charge in [0, 0.05) is 24.3 Å². The van der Waals surface area contributed by atoms with E-state index in [1.807, 2.05) is 0 Å². The summed E-state index contributed by atoms with van der Waals surface area (Å²) in [5.41, 5.74) is 0.912. The van der Waals surface area contributed by atoms with Gasteiger partial charge in [0.15, 0.2) is 0 Å². The summed E-state index contributed by atoms with van der Waals surface area (Å²) in [7, 11) is 0. The molecule has 1 aromatic carbocycles. The smallest absolute Gasteiger partial charge is 0.352 e. The molecule has 2 amide bonds. The fourth-order valence-corrected chi connectivity index (χ4v) is 3.33. The zero-order valence-electron chi connectivity index (χ0n) is 14.9. The SMILES string of the molecule is Cc1n[nH]c(C)c1CC(=O)N1CCNC(=O)C1c1ccccc1C(F)(F)F. The molecular formula is C18H19F3N4O2. The van der Waals surface area contributed by atoms with Crippen LogP contribution in [0.2, 0.25) is 0 Å². The summed E-state index contributed by atoms with van der Waals surface area (Å²) < 4.78 is 40.3. The molecule has 1 saturated heterocycles. The number of hydrogen-bond acceptors (Lipinski definition) is 3. The Morgan fingerprint density at radius 2 is 2.00 bits per heavy atom. The molecule has 2 N–H and O–H groups in total. The number of nitrogens with zero attached hydrogens (tertiary/aromatic N) is 2. The molecule has 1 atom stereocenters. The van der Waals surface area contributed by atoms with Gasteiger partial charge in [0.05, 0.1) is 17.7 Å². The minimum atomic E-state index is -4.62. The number of aromatic amines is 1. The maximum Gasteiger partial charge on any atom is 0.416 e. The summed E-state index contributed by atoms with van der Waals surface area (Å²) in [4.78, 5) is 26.5. The summed E-state index contributed by atoms with van der Waals surface area (Å²) in [6.45, 7) is 3.84. The third kappa shape index (κ3) is 3.67. The highest BCUT2D eigenvalue weighted by Crippen LogP contribution is 2.37. The Bertz CT molecular complexity index is 856. The average molecular weight is 380 g/mol. The molecule has 0 saturated carbocycles. The van der Waals surface area contributed by atoms with Crippen molar-refractivity contribution in [1.82, 2.24) is 20.4 Å². The molecular weight excluding hydrogens is 361 g/mol. The second-order valence-corrected chi connectivity index (χ2v) is 6.46. The minimum Gasteiger partial charge on any atom is -0.352 e. The number of rotatable bonds is 3. The fourth-order valence-electron chi connectivity index (χ4n) is 3.33. The van der Waals surface area contributed by atoms with Crippen LogP contribution in [0.4, 0.5) is 13.2 Å². The first-order valence-electron chi connectivity index (χ1n) is 8.44. The van der Waals surface area contributed by atoms with Crippen molar-refractivity contribution in [3.05, 3.63) is 52.3 Å². The second kappa shape index (κ2) is 7.05. The summed E-state index contributed by atoms with van der Waals surface area (Å²) in [6.07, 6.45) is -4.66. The largest absolute Gasteiger partial charge is 0.416 e. The first kappa shape index (κ1) is 18.9. The number of aryl methyl sites for hydroxylation is 2. The van der Waals surface area contributed by atoms with Gasteiger partial charge in [-0.2, -0.15) is 18.3 Å². The van der Waals surface area contributed by atoms with Crippen LogP contribution in [0.1, 0.15) is 34.1 Å². The zero-order chi connectivity index (χ0) is 19.8. The van der Waals surface area contributed by atoms with Crippen molar-refractivity contribution >= 4 is 11.8 Å². The molecule has 1 aromatic heterocycles. The van der Waals surface area contributed by atoms with E-state index >= 15 is 0 Å². The molecule has 1 aliphatic heterocycles. The third-order valence-electron chi connectivity index (χ3n) is 4.70. The Morgan fingerprint density at radius 1 is 1.30 bits per heavy atom. The normalized spacial score (nSPS) is 17.7. The van der Waals surface area contributed by atoms with Gasteiger partial charge in [-0.1, -0.05) is 18.2 Å². The van der Waals surface area contributed by atoms with Gasteiger partial charge in [0.1, 0.15) is 6.04 Å². The lowest BCUT2D eigenvalue weighted by Crippen LogP contribution is -2.53. The molecule has 144 valence electrons. The quantitative estimate of drug-likeness (QED) is 0.858. The predicted molar refractivity (Wildman–Crippen MR) is 90.7 cm³/mol. The molecule has 6 nitrogen and oxygen atoms in total. The van der Waals surface area contributed by atoms with E-state index in [1.54, 1.807) is 13.8 Å². The van der Waals surface area contributed by atoms with E-state index in [4.69, 9.17) is 0 Å². The monoisotopic (exact) mass is 380 g/mol. The van der Waals surface area contributed by atoms with Crippen LogP contribution < -0.4 is 5.32 Å². The molecule has 0 bridgehead atoms. The van der Waals surface area contributed by atoms with Crippen LogP contribution in [0.5, 0.6) is 0 Å². The van der Waals surface area contributed by atoms with Gasteiger partial charge in [-0.05, 0) is 25.5 Å². The van der Waals surface area contributed by atoms with E-state index in [2.05, 4.69) is 15.5 Å². The minimum absolute atomic E-state index is 0.0356. The van der Waals surface area contributed by atoms with E-state index in [0.717, 1.165) is 11.8 Å². The summed E-state index contributed by atoms with van der Waals surface area (Å²) >= 11 is 0. The number of H-pyrrole nitrogens is 1. The number of amides is 2. The van der Waals surface area contributed by atoms with Crippen molar-refractivity contribution in [2.45, 2.75) is 32.5 Å². The highest BCUT2D eigenvalue weighted by Gasteiger charge is 2.41. The molecule has 0 radical (unpaired) electrons. The van der Waals surface area contributed by atoms with Gasteiger partial charge in [0.25, 0.3) is 0 Å². The van der Waals surface area contributed by atoms with Crippen LogP contribution >= 0.6 is 0 Å². The molecule has 0 spiro atoms. The second-order valence-electron chi connectivity index (χ2n) is 6.46. The molecule has 0 aliphatic carbocycles. The molecule has 9 heteroatoms.